The molecule has 0 amide bonds. The van der Waals surface area contributed by atoms with E-state index in [0.29, 0.717) is 34.9 Å². The monoisotopic (exact) mass is 313 g/mol. The van der Waals surface area contributed by atoms with E-state index in [1.165, 1.54) is 0 Å². The Bertz CT molecular complexity index is 697. The number of fused-ring (bicyclic) bond motifs is 1. The fourth-order valence-corrected chi connectivity index (χ4v) is 2.45. The number of carbonyl (C=O) groups is 1. The van der Waals surface area contributed by atoms with Gasteiger partial charge in [-0.2, -0.15) is 0 Å². The maximum atomic E-state index is 12.8. The second kappa shape index (κ2) is 6.60. The minimum Gasteiger partial charge on any atom is -0.482 e. The molecule has 0 radical (unpaired) electrons. The molecule has 3 rings (SSSR count). The molecule has 5 nitrogen and oxygen atoms in total. The topological polar surface area (TPSA) is 70.8 Å². The van der Waals surface area contributed by atoms with Gasteiger partial charge in [0.1, 0.15) is 5.75 Å². The summed E-state index contributed by atoms with van der Waals surface area (Å²) in [5, 5.41) is 0. The van der Waals surface area contributed by atoms with E-state index in [0.717, 1.165) is 6.42 Å². The Morgan fingerprint density at radius 1 is 1.17 bits per heavy atom. The zero-order chi connectivity index (χ0) is 16.2. The van der Waals surface area contributed by atoms with Gasteiger partial charge in [0.15, 0.2) is 17.6 Å². The third-order valence-corrected chi connectivity index (χ3v) is 3.66. The van der Waals surface area contributed by atoms with Crippen molar-refractivity contribution < 1.29 is 19.0 Å². The Kier molecular flexibility index (Phi) is 4.37. The van der Waals surface area contributed by atoms with Gasteiger partial charge in [0.2, 0.25) is 12.6 Å². The van der Waals surface area contributed by atoms with Crippen LogP contribution in [0.25, 0.3) is 0 Å². The Balaban J connectivity index is 1.79. The third kappa shape index (κ3) is 3.39. The molecule has 120 valence electrons. The first-order chi connectivity index (χ1) is 11.2. The summed E-state index contributed by atoms with van der Waals surface area (Å²) in [6.07, 6.45) is 0.942. The number of benzene rings is 2. The van der Waals surface area contributed by atoms with Crippen molar-refractivity contribution in [2.24, 2.45) is 0 Å². The fraction of sp³-hybridized carbons (Fsp3) is 0.278. The summed E-state index contributed by atoms with van der Waals surface area (Å²) in [6, 6.07) is 12.2. The van der Waals surface area contributed by atoms with Gasteiger partial charge in [0.05, 0.1) is 0 Å². The molecule has 1 aliphatic rings. The lowest BCUT2D eigenvalue weighted by molar-refractivity contribution is 0.0777. The molecule has 2 aromatic rings. The molecule has 1 unspecified atom stereocenters. The number of ether oxygens (including phenoxy) is 3. The number of carbonyl (C=O) groups excluding carboxylic acids is 1. The second-order valence-electron chi connectivity index (χ2n) is 5.40. The van der Waals surface area contributed by atoms with Crippen LogP contribution in [0.3, 0.4) is 0 Å². The van der Waals surface area contributed by atoms with Gasteiger partial charge in [0, 0.05) is 11.3 Å². The Morgan fingerprint density at radius 2 is 1.91 bits per heavy atom. The van der Waals surface area contributed by atoms with Gasteiger partial charge in [-0.25, -0.2) is 0 Å². The normalized spacial score (nSPS) is 13.6. The average Bonchev–Trinajstić information content (AvgIpc) is 3.03. The molecule has 0 bridgehead atoms. The molecule has 1 aliphatic heterocycles. The first kappa shape index (κ1) is 15.2. The van der Waals surface area contributed by atoms with E-state index >= 15 is 0 Å². The molecule has 5 heteroatoms. The van der Waals surface area contributed by atoms with Crippen LogP contribution in [0, 0.1) is 0 Å². The summed E-state index contributed by atoms with van der Waals surface area (Å²) in [7, 11) is 0. The molecule has 0 spiro atoms. The van der Waals surface area contributed by atoms with E-state index in [1.807, 2.05) is 6.92 Å². The molecule has 0 saturated heterocycles. The third-order valence-electron chi connectivity index (χ3n) is 3.66. The van der Waals surface area contributed by atoms with E-state index in [1.54, 1.807) is 42.5 Å². The predicted octanol–water partition coefficient (Wildman–Crippen LogP) is 3.43. The van der Waals surface area contributed by atoms with Crippen LogP contribution >= 0.6 is 0 Å². The predicted molar refractivity (Wildman–Crippen MR) is 87.1 cm³/mol. The molecule has 1 heterocycles. The van der Waals surface area contributed by atoms with Crippen molar-refractivity contribution in [1.82, 2.24) is 0 Å². The number of hydrogen-bond acceptors (Lipinski definition) is 5. The lowest BCUT2D eigenvalue weighted by Gasteiger charge is -2.18. The van der Waals surface area contributed by atoms with E-state index in [4.69, 9.17) is 19.9 Å². The summed E-state index contributed by atoms with van der Waals surface area (Å²) >= 11 is 0. The highest BCUT2D eigenvalue weighted by Gasteiger charge is 2.24. The van der Waals surface area contributed by atoms with Gasteiger partial charge >= 0.3 is 0 Å². The zero-order valence-corrected chi connectivity index (χ0v) is 13.0. The number of Topliss-reactive ketones (excluding diaryl/α,β-unsaturated/α-hetero) is 1. The summed E-state index contributed by atoms with van der Waals surface area (Å²) in [5.74, 6) is 1.82. The van der Waals surface area contributed by atoms with Crippen LogP contribution in [-0.4, -0.2) is 18.7 Å². The minimum absolute atomic E-state index is 0.0676. The lowest BCUT2D eigenvalue weighted by atomic mass is 10.0. The first-order valence-corrected chi connectivity index (χ1v) is 7.63. The van der Waals surface area contributed by atoms with Crippen molar-refractivity contribution in [1.29, 1.82) is 0 Å². The zero-order valence-electron chi connectivity index (χ0n) is 13.0. The minimum atomic E-state index is -0.538. The van der Waals surface area contributed by atoms with E-state index in [-0.39, 0.29) is 12.6 Å². The van der Waals surface area contributed by atoms with Crippen molar-refractivity contribution in [2.45, 2.75) is 25.9 Å². The Morgan fingerprint density at radius 3 is 2.65 bits per heavy atom. The molecule has 0 aliphatic carbocycles. The quantitative estimate of drug-likeness (QED) is 0.653. The molecule has 0 fully saturated rings. The van der Waals surface area contributed by atoms with Crippen LogP contribution in [0.4, 0.5) is 5.69 Å². The van der Waals surface area contributed by atoms with Crippen molar-refractivity contribution in [3.05, 3.63) is 48.0 Å². The second-order valence-corrected chi connectivity index (χ2v) is 5.40. The Labute approximate surface area is 135 Å². The highest BCUT2D eigenvalue weighted by atomic mass is 16.7. The largest absolute Gasteiger partial charge is 0.482 e. The molecule has 1 atom stereocenters. The maximum Gasteiger partial charge on any atom is 0.231 e. The number of nitrogens with two attached hydrogens (primary N) is 1. The van der Waals surface area contributed by atoms with Crippen molar-refractivity contribution in [2.75, 3.05) is 12.5 Å². The van der Waals surface area contributed by atoms with Crippen LogP contribution in [0.2, 0.25) is 0 Å². The summed E-state index contributed by atoms with van der Waals surface area (Å²) in [6.45, 7) is 2.21. The van der Waals surface area contributed by atoms with Crippen molar-refractivity contribution in [3.63, 3.8) is 0 Å². The van der Waals surface area contributed by atoms with Crippen LogP contribution < -0.4 is 19.9 Å². The maximum absolute atomic E-state index is 12.8. The number of nitrogen functional groups attached to an aromatic ring is 1. The molecule has 0 aromatic heterocycles. The van der Waals surface area contributed by atoms with Gasteiger partial charge in [-0.15, -0.1) is 0 Å². The van der Waals surface area contributed by atoms with Gasteiger partial charge < -0.3 is 19.9 Å². The number of anilines is 1. The van der Waals surface area contributed by atoms with Crippen LogP contribution in [0.5, 0.6) is 17.2 Å². The SMILES string of the molecule is CCCC(Oc1ccc(N)cc1)C(=O)c1ccc2c(c1)OCO2. The van der Waals surface area contributed by atoms with Gasteiger partial charge in [0.25, 0.3) is 0 Å². The highest BCUT2D eigenvalue weighted by Crippen LogP contribution is 2.33. The molecule has 23 heavy (non-hydrogen) atoms. The van der Waals surface area contributed by atoms with E-state index < -0.39 is 6.10 Å². The van der Waals surface area contributed by atoms with Crippen LogP contribution in [0.1, 0.15) is 30.1 Å². The van der Waals surface area contributed by atoms with Gasteiger partial charge in [-0.1, -0.05) is 13.3 Å². The Hall–Kier alpha value is -2.69. The standard InChI is InChI=1S/C18H19NO4/c1-2-3-16(23-14-7-5-13(19)6-8-14)18(20)12-4-9-15-17(10-12)22-11-21-15/h4-10,16H,2-3,11,19H2,1H3. The van der Waals surface area contributed by atoms with Gasteiger partial charge in [-0.05, 0) is 48.9 Å². The summed E-state index contributed by atoms with van der Waals surface area (Å²) in [4.78, 5) is 12.8. The molecular formula is C18H19NO4. The molecule has 2 aromatic carbocycles. The van der Waals surface area contributed by atoms with Gasteiger partial charge in [-0.3, -0.25) is 4.79 Å². The van der Waals surface area contributed by atoms with Crippen LogP contribution in [0.15, 0.2) is 42.5 Å². The fourth-order valence-electron chi connectivity index (χ4n) is 2.45. The van der Waals surface area contributed by atoms with E-state index in [9.17, 15) is 4.79 Å². The number of rotatable bonds is 6. The first-order valence-electron chi connectivity index (χ1n) is 7.63. The number of hydrogen-bond donors (Lipinski definition) is 1. The van der Waals surface area contributed by atoms with Crippen molar-refractivity contribution in [3.8, 4) is 17.2 Å². The summed E-state index contributed by atoms with van der Waals surface area (Å²) < 4.78 is 16.5. The summed E-state index contributed by atoms with van der Waals surface area (Å²) in [5.41, 5.74) is 6.89. The van der Waals surface area contributed by atoms with E-state index in [2.05, 4.69) is 0 Å². The average molecular weight is 313 g/mol. The molecule has 2 N–H and O–H groups in total. The smallest absolute Gasteiger partial charge is 0.231 e. The highest BCUT2D eigenvalue weighted by molar-refractivity contribution is 6.00. The lowest BCUT2D eigenvalue weighted by Crippen LogP contribution is -2.27. The molecular weight excluding hydrogens is 294 g/mol. The molecule has 0 saturated carbocycles. The number of ketones is 1. The van der Waals surface area contributed by atoms with Crippen LogP contribution in [-0.2, 0) is 0 Å². The van der Waals surface area contributed by atoms with Crippen molar-refractivity contribution >= 4 is 11.5 Å².